The van der Waals surface area contributed by atoms with Crippen LogP contribution in [-0.2, 0) is 4.79 Å². The Morgan fingerprint density at radius 3 is 2.78 bits per heavy atom. The summed E-state index contributed by atoms with van der Waals surface area (Å²) in [5.41, 5.74) is 0.589. The minimum atomic E-state index is -0.110. The van der Waals surface area contributed by atoms with E-state index in [9.17, 15) is 4.79 Å². The number of aromatic nitrogens is 1. The van der Waals surface area contributed by atoms with Crippen molar-refractivity contribution >= 4 is 34.8 Å². The second kappa shape index (κ2) is 4.90. The summed E-state index contributed by atoms with van der Waals surface area (Å²) in [7, 11) is 0. The van der Waals surface area contributed by atoms with Crippen LogP contribution >= 0.6 is 23.2 Å². The number of pyridine rings is 1. The molecule has 0 spiro atoms. The molecule has 96 valence electrons. The first kappa shape index (κ1) is 13.4. The molecular weight excluding hydrogens is 271 g/mol. The smallest absolute Gasteiger partial charge is 0.228 e. The molecule has 5 heteroatoms. The Labute approximate surface area is 116 Å². The van der Waals surface area contributed by atoms with Crippen LogP contribution in [-0.4, -0.2) is 10.9 Å². The summed E-state index contributed by atoms with van der Waals surface area (Å²) in [5, 5.41) is 2.85. The van der Waals surface area contributed by atoms with Gasteiger partial charge in [-0.25, -0.2) is 0 Å². The van der Waals surface area contributed by atoms with E-state index in [1.165, 1.54) is 0 Å². The Morgan fingerprint density at radius 1 is 1.50 bits per heavy atom. The van der Waals surface area contributed by atoms with Gasteiger partial charge in [-0.1, -0.05) is 37.0 Å². The zero-order chi connectivity index (χ0) is 13.3. The highest BCUT2D eigenvalue weighted by Crippen LogP contribution is 2.59. The van der Waals surface area contributed by atoms with E-state index >= 15 is 0 Å². The van der Waals surface area contributed by atoms with E-state index < -0.39 is 0 Å². The number of halogens is 2. The highest BCUT2D eigenvalue weighted by Gasteiger charge is 2.60. The topological polar surface area (TPSA) is 42.0 Å². The van der Waals surface area contributed by atoms with Crippen molar-refractivity contribution in [2.24, 2.45) is 17.3 Å². The zero-order valence-electron chi connectivity index (χ0n) is 10.2. The summed E-state index contributed by atoms with van der Waals surface area (Å²) in [6.07, 6.45) is 5.01. The predicted octanol–water partition coefficient (Wildman–Crippen LogP) is 3.61. The lowest BCUT2D eigenvalue weighted by molar-refractivity contribution is -0.118. The molecule has 2 rings (SSSR count). The molecule has 0 saturated heterocycles. The van der Waals surface area contributed by atoms with Crippen molar-refractivity contribution in [2.45, 2.75) is 13.8 Å². The Bertz CT molecular complexity index is 481. The van der Waals surface area contributed by atoms with Gasteiger partial charge in [0.2, 0.25) is 5.91 Å². The van der Waals surface area contributed by atoms with Crippen LogP contribution in [0, 0.1) is 17.3 Å². The molecule has 0 unspecified atom stereocenters. The molecule has 1 saturated carbocycles. The van der Waals surface area contributed by atoms with Gasteiger partial charge in [0.1, 0.15) is 4.49 Å². The fourth-order valence-corrected chi connectivity index (χ4v) is 2.55. The standard InChI is InChI=1S/C13H14Cl2N2O/c1-13(2)9(6-10(14)15)11(13)12(18)17-8-4-3-5-16-7-8/h3-7,9,11H,1-2H3,(H,17,18)/t9-,11+/m1/s1. The Kier molecular flexibility index (Phi) is 3.64. The summed E-state index contributed by atoms with van der Waals surface area (Å²) >= 11 is 11.3. The molecule has 0 radical (unpaired) electrons. The van der Waals surface area contributed by atoms with Gasteiger partial charge in [0.25, 0.3) is 0 Å². The fraction of sp³-hybridized carbons (Fsp3) is 0.385. The van der Waals surface area contributed by atoms with Crippen molar-refractivity contribution in [1.82, 2.24) is 4.98 Å². The minimum absolute atomic E-state index is 0.0242. The average Bonchev–Trinajstić information content (AvgIpc) is 2.80. The zero-order valence-corrected chi connectivity index (χ0v) is 11.7. The number of carbonyl (C=O) groups is 1. The number of hydrogen-bond donors (Lipinski definition) is 1. The lowest BCUT2D eigenvalue weighted by Gasteiger charge is -2.05. The number of nitrogens with zero attached hydrogens (tertiary/aromatic N) is 1. The van der Waals surface area contributed by atoms with Crippen LogP contribution in [0.2, 0.25) is 0 Å². The molecule has 0 aliphatic heterocycles. The molecule has 1 aliphatic rings. The molecule has 18 heavy (non-hydrogen) atoms. The van der Waals surface area contributed by atoms with Crippen LogP contribution in [0.4, 0.5) is 5.69 Å². The summed E-state index contributed by atoms with van der Waals surface area (Å²) in [6.45, 7) is 4.05. The van der Waals surface area contributed by atoms with Gasteiger partial charge < -0.3 is 5.32 Å². The van der Waals surface area contributed by atoms with Crippen molar-refractivity contribution in [1.29, 1.82) is 0 Å². The lowest BCUT2D eigenvalue weighted by atomic mass is 10.1. The molecule has 2 atom stereocenters. The second-order valence-corrected chi connectivity index (χ2v) is 6.02. The maximum atomic E-state index is 12.1. The molecule has 1 amide bonds. The molecule has 1 fully saturated rings. The number of carbonyl (C=O) groups excluding carboxylic acids is 1. The quantitative estimate of drug-likeness (QED) is 0.921. The van der Waals surface area contributed by atoms with Crippen molar-refractivity contribution in [3.63, 3.8) is 0 Å². The number of anilines is 1. The highest BCUT2D eigenvalue weighted by molar-refractivity contribution is 6.55. The minimum Gasteiger partial charge on any atom is -0.324 e. The summed E-state index contributed by atoms with van der Waals surface area (Å²) in [6, 6.07) is 3.58. The summed E-state index contributed by atoms with van der Waals surface area (Å²) in [5.74, 6) is -0.0480. The fourth-order valence-electron chi connectivity index (χ4n) is 2.28. The number of rotatable bonds is 3. The number of amides is 1. The third-order valence-corrected chi connectivity index (χ3v) is 3.68. The number of nitrogens with one attached hydrogen (secondary N) is 1. The predicted molar refractivity (Wildman–Crippen MR) is 73.4 cm³/mol. The van der Waals surface area contributed by atoms with Crippen LogP contribution in [0.5, 0.6) is 0 Å². The maximum Gasteiger partial charge on any atom is 0.228 e. The first-order valence-electron chi connectivity index (χ1n) is 5.66. The van der Waals surface area contributed by atoms with Crippen LogP contribution in [0.3, 0.4) is 0 Å². The highest BCUT2D eigenvalue weighted by atomic mass is 35.5. The average molecular weight is 285 g/mol. The second-order valence-electron chi connectivity index (χ2n) is 5.01. The van der Waals surface area contributed by atoms with Crippen LogP contribution in [0.25, 0.3) is 0 Å². The number of allylic oxidation sites excluding steroid dienone is 1. The van der Waals surface area contributed by atoms with Crippen molar-refractivity contribution < 1.29 is 4.79 Å². The third-order valence-electron chi connectivity index (χ3n) is 3.43. The Hall–Kier alpha value is -1.06. The van der Waals surface area contributed by atoms with Crippen LogP contribution < -0.4 is 5.32 Å². The maximum absolute atomic E-state index is 12.1. The lowest BCUT2D eigenvalue weighted by Crippen LogP contribution is -2.16. The van der Waals surface area contributed by atoms with E-state index in [0.29, 0.717) is 5.69 Å². The van der Waals surface area contributed by atoms with E-state index in [0.717, 1.165) is 0 Å². The Morgan fingerprint density at radius 2 is 2.22 bits per heavy atom. The van der Waals surface area contributed by atoms with Crippen molar-refractivity contribution in [3.05, 3.63) is 35.1 Å². The van der Waals surface area contributed by atoms with E-state index in [1.807, 2.05) is 13.8 Å². The molecular formula is C13H14Cl2N2O. The van der Waals surface area contributed by atoms with Gasteiger partial charge in [-0.15, -0.1) is 0 Å². The normalized spacial score (nSPS) is 24.2. The molecule has 1 heterocycles. The molecule has 1 aromatic heterocycles. The summed E-state index contributed by atoms with van der Waals surface area (Å²) < 4.78 is 0.213. The van der Waals surface area contributed by atoms with Gasteiger partial charge >= 0.3 is 0 Å². The molecule has 1 aromatic rings. The van der Waals surface area contributed by atoms with Crippen molar-refractivity contribution in [3.8, 4) is 0 Å². The van der Waals surface area contributed by atoms with Gasteiger partial charge in [-0.3, -0.25) is 9.78 Å². The van der Waals surface area contributed by atoms with E-state index in [1.54, 1.807) is 30.6 Å². The van der Waals surface area contributed by atoms with Crippen molar-refractivity contribution in [2.75, 3.05) is 5.32 Å². The van der Waals surface area contributed by atoms with E-state index in [-0.39, 0.29) is 27.6 Å². The summed E-state index contributed by atoms with van der Waals surface area (Å²) in [4.78, 5) is 16.1. The molecule has 0 aromatic carbocycles. The number of hydrogen-bond acceptors (Lipinski definition) is 2. The van der Waals surface area contributed by atoms with E-state index in [2.05, 4.69) is 10.3 Å². The van der Waals surface area contributed by atoms with Gasteiger partial charge in [0.15, 0.2) is 0 Å². The van der Waals surface area contributed by atoms with Crippen LogP contribution in [0.1, 0.15) is 13.8 Å². The monoisotopic (exact) mass is 284 g/mol. The van der Waals surface area contributed by atoms with Gasteiger partial charge in [-0.2, -0.15) is 0 Å². The molecule has 1 N–H and O–H groups in total. The van der Waals surface area contributed by atoms with Crippen LogP contribution in [0.15, 0.2) is 35.1 Å². The first-order chi connectivity index (χ1) is 8.43. The SMILES string of the molecule is CC1(C)[C@H](C=C(Cl)Cl)[C@H]1C(=O)Nc1cccnc1. The largest absolute Gasteiger partial charge is 0.324 e. The third kappa shape index (κ3) is 2.68. The Balaban J connectivity index is 2.05. The van der Waals surface area contributed by atoms with E-state index in [4.69, 9.17) is 23.2 Å². The van der Waals surface area contributed by atoms with Gasteiger partial charge in [0, 0.05) is 6.20 Å². The molecule has 1 aliphatic carbocycles. The van der Waals surface area contributed by atoms with Gasteiger partial charge in [-0.05, 0) is 29.5 Å². The molecule has 3 nitrogen and oxygen atoms in total. The molecule has 0 bridgehead atoms. The van der Waals surface area contributed by atoms with Gasteiger partial charge in [0.05, 0.1) is 17.8 Å². The first-order valence-corrected chi connectivity index (χ1v) is 6.42.